The third-order valence-electron chi connectivity index (χ3n) is 2.44. The first-order chi connectivity index (χ1) is 8.50. The van der Waals surface area contributed by atoms with Gasteiger partial charge in [0.2, 0.25) is 5.88 Å². The van der Waals surface area contributed by atoms with Gasteiger partial charge in [-0.15, -0.1) is 11.3 Å². The number of hydrogen-bond donors (Lipinski definition) is 1. The van der Waals surface area contributed by atoms with Crippen LogP contribution in [-0.2, 0) is 0 Å². The summed E-state index contributed by atoms with van der Waals surface area (Å²) in [7, 11) is 0. The summed E-state index contributed by atoms with van der Waals surface area (Å²) < 4.78 is 5.62. The number of fused-ring (bicyclic) bond motifs is 1. The van der Waals surface area contributed by atoms with Gasteiger partial charge in [0.05, 0.1) is 12.0 Å². The predicted molar refractivity (Wildman–Crippen MR) is 69.4 cm³/mol. The van der Waals surface area contributed by atoms with E-state index in [9.17, 15) is 4.79 Å². The van der Waals surface area contributed by atoms with Crippen molar-refractivity contribution in [3.05, 3.63) is 16.8 Å². The minimum atomic E-state index is -0.940. The maximum Gasteiger partial charge on any atom is 0.346 e. The summed E-state index contributed by atoms with van der Waals surface area (Å²) in [6.07, 6.45) is 1.40. The van der Waals surface area contributed by atoms with Gasteiger partial charge in [-0.25, -0.2) is 14.8 Å². The van der Waals surface area contributed by atoms with Crippen LogP contribution >= 0.6 is 11.3 Å². The highest BCUT2D eigenvalue weighted by molar-refractivity contribution is 7.20. The van der Waals surface area contributed by atoms with Gasteiger partial charge in [-0.2, -0.15) is 0 Å². The van der Waals surface area contributed by atoms with Gasteiger partial charge >= 0.3 is 5.97 Å². The van der Waals surface area contributed by atoms with Crippen LogP contribution in [0, 0.1) is 12.8 Å². The SMILES string of the molecule is Cc1c(C(=O)O)sc2ncnc(OCC(C)C)c12. The van der Waals surface area contributed by atoms with E-state index in [1.54, 1.807) is 6.92 Å². The minimum absolute atomic E-state index is 0.292. The summed E-state index contributed by atoms with van der Waals surface area (Å²) in [4.78, 5) is 20.2. The summed E-state index contributed by atoms with van der Waals surface area (Å²) in [6, 6.07) is 0. The molecule has 2 aromatic rings. The van der Waals surface area contributed by atoms with Gasteiger partial charge in [-0.3, -0.25) is 0 Å². The Bertz CT molecular complexity index is 592. The first kappa shape index (κ1) is 12.8. The van der Waals surface area contributed by atoms with E-state index in [2.05, 4.69) is 9.97 Å². The highest BCUT2D eigenvalue weighted by Gasteiger charge is 2.19. The van der Waals surface area contributed by atoms with E-state index >= 15 is 0 Å². The molecule has 0 radical (unpaired) electrons. The average Bonchev–Trinajstić information content (AvgIpc) is 2.65. The van der Waals surface area contributed by atoms with Gasteiger partial charge in [-0.1, -0.05) is 13.8 Å². The van der Waals surface area contributed by atoms with E-state index in [0.717, 1.165) is 11.3 Å². The number of thiophene rings is 1. The number of carboxylic acids is 1. The number of aromatic carboxylic acids is 1. The molecule has 0 bridgehead atoms. The maximum atomic E-state index is 11.1. The van der Waals surface area contributed by atoms with Crippen molar-refractivity contribution >= 4 is 27.5 Å². The second-order valence-corrected chi connectivity index (χ2v) is 5.42. The molecule has 2 aromatic heterocycles. The quantitative estimate of drug-likeness (QED) is 0.921. The lowest BCUT2D eigenvalue weighted by atomic mass is 10.2. The zero-order valence-corrected chi connectivity index (χ0v) is 11.2. The third kappa shape index (κ3) is 2.28. The lowest BCUT2D eigenvalue weighted by Gasteiger charge is -2.08. The van der Waals surface area contributed by atoms with Crippen LogP contribution in [-0.4, -0.2) is 27.7 Å². The molecule has 0 amide bonds. The Morgan fingerprint density at radius 2 is 2.22 bits per heavy atom. The fraction of sp³-hybridized carbons (Fsp3) is 0.417. The Kier molecular flexibility index (Phi) is 3.47. The number of hydrogen-bond acceptors (Lipinski definition) is 5. The predicted octanol–water partition coefficient (Wildman–Crippen LogP) is 2.73. The van der Waals surface area contributed by atoms with Crippen molar-refractivity contribution in [3.8, 4) is 5.88 Å². The van der Waals surface area contributed by atoms with E-state index in [-0.39, 0.29) is 0 Å². The fourth-order valence-corrected chi connectivity index (χ4v) is 2.58. The standard InChI is InChI=1S/C12H14N2O3S/c1-6(2)4-17-10-8-7(3)9(12(15)16)18-11(8)14-5-13-10/h5-6H,4H2,1-3H3,(H,15,16). The fourth-order valence-electron chi connectivity index (χ4n) is 1.60. The van der Waals surface area contributed by atoms with E-state index in [1.807, 2.05) is 13.8 Å². The lowest BCUT2D eigenvalue weighted by Crippen LogP contribution is -2.06. The first-order valence-corrected chi connectivity index (χ1v) is 6.42. The Hall–Kier alpha value is -1.69. The van der Waals surface area contributed by atoms with Crippen molar-refractivity contribution < 1.29 is 14.6 Å². The van der Waals surface area contributed by atoms with Gasteiger partial charge in [0.1, 0.15) is 16.0 Å². The van der Waals surface area contributed by atoms with Crippen LogP contribution in [0.4, 0.5) is 0 Å². The van der Waals surface area contributed by atoms with Gasteiger partial charge in [0, 0.05) is 0 Å². The molecule has 0 aliphatic heterocycles. The Morgan fingerprint density at radius 1 is 1.50 bits per heavy atom. The van der Waals surface area contributed by atoms with Gasteiger partial charge in [0.15, 0.2) is 0 Å². The van der Waals surface area contributed by atoms with Crippen molar-refractivity contribution in [2.24, 2.45) is 5.92 Å². The van der Waals surface area contributed by atoms with Crippen LogP contribution in [0.15, 0.2) is 6.33 Å². The molecule has 6 heteroatoms. The molecule has 0 spiro atoms. The molecule has 5 nitrogen and oxygen atoms in total. The molecule has 0 aliphatic carbocycles. The van der Waals surface area contributed by atoms with E-state index in [0.29, 0.717) is 39.1 Å². The summed E-state index contributed by atoms with van der Waals surface area (Å²) >= 11 is 1.15. The Balaban J connectivity index is 2.51. The molecule has 0 atom stereocenters. The van der Waals surface area contributed by atoms with Crippen molar-refractivity contribution in [3.63, 3.8) is 0 Å². The monoisotopic (exact) mass is 266 g/mol. The molecule has 96 valence electrons. The Morgan fingerprint density at radius 3 is 2.83 bits per heavy atom. The zero-order valence-electron chi connectivity index (χ0n) is 10.4. The molecular weight excluding hydrogens is 252 g/mol. The van der Waals surface area contributed by atoms with Crippen LogP contribution in [0.5, 0.6) is 5.88 Å². The summed E-state index contributed by atoms with van der Waals surface area (Å²) in [5.74, 6) is -0.0897. The molecular formula is C12H14N2O3S. The van der Waals surface area contributed by atoms with Crippen molar-refractivity contribution in [2.75, 3.05) is 6.61 Å². The van der Waals surface area contributed by atoms with Crippen molar-refractivity contribution in [2.45, 2.75) is 20.8 Å². The summed E-state index contributed by atoms with van der Waals surface area (Å²) in [5.41, 5.74) is 0.668. The number of carboxylic acid groups (broad SMARTS) is 1. The van der Waals surface area contributed by atoms with Crippen LogP contribution in [0.2, 0.25) is 0 Å². The largest absolute Gasteiger partial charge is 0.477 e. The van der Waals surface area contributed by atoms with Gasteiger partial charge in [-0.05, 0) is 18.4 Å². The van der Waals surface area contributed by atoms with Gasteiger partial charge in [0.25, 0.3) is 0 Å². The molecule has 0 aromatic carbocycles. The molecule has 0 saturated heterocycles. The van der Waals surface area contributed by atoms with Crippen molar-refractivity contribution in [1.82, 2.24) is 9.97 Å². The molecule has 0 aliphatic rings. The summed E-state index contributed by atoms with van der Waals surface area (Å²) in [5, 5.41) is 9.81. The number of nitrogens with zero attached hydrogens (tertiary/aromatic N) is 2. The van der Waals surface area contributed by atoms with Crippen LogP contribution in [0.3, 0.4) is 0 Å². The molecule has 0 fully saturated rings. The highest BCUT2D eigenvalue weighted by atomic mass is 32.1. The van der Waals surface area contributed by atoms with Gasteiger partial charge < -0.3 is 9.84 Å². The number of carbonyl (C=O) groups is 1. The summed E-state index contributed by atoms with van der Waals surface area (Å²) in [6.45, 7) is 6.39. The molecule has 2 heterocycles. The van der Waals surface area contributed by atoms with E-state index < -0.39 is 5.97 Å². The normalized spacial score (nSPS) is 11.1. The smallest absolute Gasteiger partial charge is 0.346 e. The first-order valence-electron chi connectivity index (χ1n) is 5.61. The van der Waals surface area contributed by atoms with E-state index in [1.165, 1.54) is 6.33 Å². The highest BCUT2D eigenvalue weighted by Crippen LogP contribution is 2.34. The molecule has 1 N–H and O–H groups in total. The maximum absolute atomic E-state index is 11.1. The minimum Gasteiger partial charge on any atom is -0.477 e. The number of aryl methyl sites for hydroxylation is 1. The van der Waals surface area contributed by atoms with Crippen LogP contribution in [0.1, 0.15) is 29.1 Å². The number of rotatable bonds is 4. The topological polar surface area (TPSA) is 72.3 Å². The number of ether oxygens (including phenoxy) is 1. The second kappa shape index (κ2) is 4.89. The number of aromatic nitrogens is 2. The van der Waals surface area contributed by atoms with E-state index in [4.69, 9.17) is 9.84 Å². The zero-order chi connectivity index (χ0) is 13.3. The third-order valence-corrected chi connectivity index (χ3v) is 3.63. The molecule has 0 saturated carbocycles. The van der Waals surface area contributed by atoms with Crippen molar-refractivity contribution in [1.29, 1.82) is 0 Å². The average molecular weight is 266 g/mol. The molecule has 18 heavy (non-hydrogen) atoms. The molecule has 2 rings (SSSR count). The second-order valence-electron chi connectivity index (χ2n) is 4.43. The van der Waals surface area contributed by atoms with Crippen LogP contribution in [0.25, 0.3) is 10.2 Å². The van der Waals surface area contributed by atoms with Crippen LogP contribution < -0.4 is 4.74 Å². The lowest BCUT2D eigenvalue weighted by molar-refractivity contribution is 0.0701. The molecule has 0 unspecified atom stereocenters. The Labute approximate surface area is 108 Å².